The van der Waals surface area contributed by atoms with Gasteiger partial charge in [0, 0.05) is 27.8 Å². The van der Waals surface area contributed by atoms with Crippen LogP contribution in [0.2, 0.25) is 0 Å². The molecule has 6 nitrogen and oxygen atoms in total. The molecule has 0 radical (unpaired) electrons. The van der Waals surface area contributed by atoms with Gasteiger partial charge in [-0.15, -0.1) is 35.0 Å². The van der Waals surface area contributed by atoms with Crippen molar-refractivity contribution < 1.29 is 21.1 Å². The molecular weight excluding hydrogens is 603 g/mol. The number of pyridine rings is 2. The zero-order valence-corrected chi connectivity index (χ0v) is 20.9. The van der Waals surface area contributed by atoms with Gasteiger partial charge in [0.2, 0.25) is 0 Å². The minimum atomic E-state index is -0.439. The van der Waals surface area contributed by atoms with Crippen LogP contribution in [0.3, 0.4) is 0 Å². The van der Waals surface area contributed by atoms with Crippen LogP contribution in [0.15, 0.2) is 84.9 Å². The molecule has 6 rings (SSSR count). The number of hydrogen-bond acceptors (Lipinski definition) is 4. The molecule has 0 unspecified atom stereocenters. The maximum absolute atomic E-state index is 4.92. The first-order valence-corrected chi connectivity index (χ1v) is 10.8. The van der Waals surface area contributed by atoms with Crippen LogP contribution in [0.25, 0.3) is 33.4 Å². The quantitative estimate of drug-likeness (QED) is 0.257. The van der Waals surface area contributed by atoms with Gasteiger partial charge in [0.05, 0.1) is 11.6 Å². The summed E-state index contributed by atoms with van der Waals surface area (Å²) in [4.78, 5) is 9.84. The van der Waals surface area contributed by atoms with Gasteiger partial charge in [0.25, 0.3) is 0 Å². The van der Waals surface area contributed by atoms with E-state index in [4.69, 9.17) is 9.97 Å². The van der Waals surface area contributed by atoms with Crippen molar-refractivity contribution in [1.82, 2.24) is 29.5 Å². The van der Waals surface area contributed by atoms with Crippen molar-refractivity contribution in [2.75, 3.05) is 0 Å². The Hall–Kier alpha value is -3.63. The van der Waals surface area contributed by atoms with Crippen LogP contribution in [0, 0.1) is 12.4 Å². The van der Waals surface area contributed by atoms with Gasteiger partial charge in [-0.3, -0.25) is 9.97 Å². The zero-order chi connectivity index (χ0) is 22.4. The fourth-order valence-electron chi connectivity index (χ4n) is 3.93. The Balaban J connectivity index is 0.00000241. The first kappa shape index (κ1) is 22.2. The van der Waals surface area contributed by atoms with Gasteiger partial charge in [-0.05, 0) is 38.4 Å². The van der Waals surface area contributed by atoms with Crippen LogP contribution in [0.4, 0.5) is 0 Å². The summed E-state index contributed by atoms with van der Waals surface area (Å²) in [5, 5.41) is 11.2. The van der Waals surface area contributed by atoms with Crippen molar-refractivity contribution in [3.05, 3.63) is 109 Å². The summed E-state index contributed by atoms with van der Waals surface area (Å²) in [7, 11) is 0. The third kappa shape index (κ3) is 3.84. The molecule has 168 valence electrons. The van der Waals surface area contributed by atoms with Crippen molar-refractivity contribution in [2.45, 2.75) is 19.3 Å². The van der Waals surface area contributed by atoms with Gasteiger partial charge in [-0.2, -0.15) is 0 Å². The van der Waals surface area contributed by atoms with Crippen LogP contribution in [-0.4, -0.2) is 29.5 Å². The monoisotopic (exact) mass is 623 g/mol. The van der Waals surface area contributed by atoms with Crippen molar-refractivity contribution in [3.8, 4) is 11.6 Å². The van der Waals surface area contributed by atoms with Crippen molar-refractivity contribution in [2.24, 2.45) is 0 Å². The van der Waals surface area contributed by atoms with Crippen molar-refractivity contribution in [1.29, 1.82) is 0 Å². The van der Waals surface area contributed by atoms with Crippen LogP contribution in [-0.2, 0) is 26.5 Å². The summed E-state index contributed by atoms with van der Waals surface area (Å²) in [6, 6.07) is 27.8. The Labute approximate surface area is 211 Å². The SMILES string of the molecule is CC(C)(c1cccc(-n2[c-]c3ccccc3n2)n1)c1cccc(-n2[c-]c3ccccc3n2)n1.[Pt+2]. The summed E-state index contributed by atoms with van der Waals surface area (Å²) in [5.74, 6) is 1.44. The fourth-order valence-corrected chi connectivity index (χ4v) is 3.93. The molecule has 0 N–H and O–H groups in total. The molecule has 7 heteroatoms. The van der Waals surface area contributed by atoms with Crippen LogP contribution in [0.1, 0.15) is 25.2 Å². The van der Waals surface area contributed by atoms with Gasteiger partial charge < -0.3 is 9.36 Å². The van der Waals surface area contributed by atoms with E-state index in [9.17, 15) is 0 Å². The van der Waals surface area contributed by atoms with Crippen LogP contribution >= 0.6 is 0 Å². The first-order chi connectivity index (χ1) is 16.1. The maximum Gasteiger partial charge on any atom is 2.00 e. The number of nitrogens with zero attached hydrogens (tertiary/aromatic N) is 6. The number of benzene rings is 2. The van der Waals surface area contributed by atoms with E-state index in [1.54, 1.807) is 9.36 Å². The maximum atomic E-state index is 4.92. The van der Waals surface area contributed by atoms with Crippen molar-refractivity contribution >= 4 is 21.8 Å². The fraction of sp³-hybridized carbons (Fsp3) is 0.111. The average molecular weight is 624 g/mol. The third-order valence-corrected chi connectivity index (χ3v) is 5.86. The summed E-state index contributed by atoms with van der Waals surface area (Å²) in [6.07, 6.45) is 6.57. The predicted octanol–water partition coefficient (Wildman–Crippen LogP) is 5.08. The molecule has 0 bridgehead atoms. The Bertz CT molecular complexity index is 1430. The first-order valence-electron chi connectivity index (χ1n) is 10.8. The number of aromatic nitrogens is 6. The van der Waals surface area contributed by atoms with E-state index in [1.165, 1.54) is 0 Å². The molecule has 4 heterocycles. The van der Waals surface area contributed by atoms with E-state index in [-0.39, 0.29) is 21.1 Å². The predicted molar refractivity (Wildman–Crippen MR) is 128 cm³/mol. The van der Waals surface area contributed by atoms with E-state index in [0.717, 1.165) is 44.8 Å². The third-order valence-electron chi connectivity index (χ3n) is 5.86. The molecule has 0 saturated carbocycles. The Morgan fingerprint density at radius 3 is 1.47 bits per heavy atom. The van der Waals surface area contributed by atoms with Gasteiger partial charge in [0.15, 0.2) is 0 Å². The molecular formula is C27H20N6Pt. The van der Waals surface area contributed by atoms with Gasteiger partial charge in [-0.1, -0.05) is 48.5 Å². The van der Waals surface area contributed by atoms with Gasteiger partial charge >= 0.3 is 21.1 Å². The summed E-state index contributed by atoms with van der Waals surface area (Å²) in [5.41, 5.74) is 3.13. The molecule has 0 saturated heterocycles. The minimum absolute atomic E-state index is 0. The van der Waals surface area contributed by atoms with Crippen LogP contribution in [0.5, 0.6) is 0 Å². The molecule has 0 aliphatic rings. The van der Waals surface area contributed by atoms with Crippen molar-refractivity contribution in [3.63, 3.8) is 0 Å². The Kier molecular flexibility index (Phi) is 5.62. The Morgan fingerprint density at radius 1 is 0.588 bits per heavy atom. The average Bonchev–Trinajstić information content (AvgIpc) is 3.49. The molecule has 0 amide bonds. The van der Waals surface area contributed by atoms with E-state index in [2.05, 4.69) is 36.4 Å². The summed E-state index contributed by atoms with van der Waals surface area (Å²) < 4.78 is 3.41. The number of fused-ring (bicyclic) bond motifs is 2. The summed E-state index contributed by atoms with van der Waals surface area (Å²) in [6.45, 7) is 4.25. The molecule has 6 aromatic rings. The van der Waals surface area contributed by atoms with E-state index < -0.39 is 5.41 Å². The normalized spacial score (nSPS) is 11.6. The van der Waals surface area contributed by atoms with Gasteiger partial charge in [-0.25, -0.2) is 10.2 Å². The molecule has 0 fully saturated rings. The van der Waals surface area contributed by atoms with E-state index >= 15 is 0 Å². The number of rotatable bonds is 4. The van der Waals surface area contributed by atoms with Crippen LogP contribution < -0.4 is 0 Å². The molecule has 2 aromatic carbocycles. The second-order valence-corrected chi connectivity index (χ2v) is 8.47. The second kappa shape index (κ2) is 8.62. The standard InChI is InChI=1S/C27H20N6.Pt/c1-27(2,23-13-7-15-25(28-23)32-17-19-9-3-5-11-21(19)30-32)24-14-8-16-26(29-24)33-18-20-10-4-6-12-22(20)31-33;/h3-16H,1-2H3;/q-2;+2. The smallest absolute Gasteiger partial charge is 0.311 e. The molecule has 0 atom stereocenters. The van der Waals surface area contributed by atoms with E-state index in [1.807, 2.05) is 84.9 Å². The Morgan fingerprint density at radius 2 is 1.03 bits per heavy atom. The zero-order valence-electron chi connectivity index (χ0n) is 18.6. The molecule has 0 spiro atoms. The molecule has 34 heavy (non-hydrogen) atoms. The second-order valence-electron chi connectivity index (χ2n) is 8.47. The molecule has 4 aromatic heterocycles. The van der Waals surface area contributed by atoms with Gasteiger partial charge in [0.1, 0.15) is 0 Å². The topological polar surface area (TPSA) is 61.4 Å². The largest absolute Gasteiger partial charge is 2.00 e. The molecule has 0 aliphatic heterocycles. The summed E-state index contributed by atoms with van der Waals surface area (Å²) >= 11 is 0. The molecule has 0 aliphatic carbocycles. The van der Waals surface area contributed by atoms with E-state index in [0.29, 0.717) is 0 Å². The number of hydrogen-bond donors (Lipinski definition) is 0. The minimum Gasteiger partial charge on any atom is -0.311 e.